The molecule has 0 aliphatic carbocycles. The van der Waals surface area contributed by atoms with Crippen molar-refractivity contribution in [1.82, 2.24) is 9.69 Å². The van der Waals surface area contributed by atoms with Crippen molar-refractivity contribution in [2.75, 3.05) is 6.54 Å². The highest BCUT2D eigenvalue weighted by molar-refractivity contribution is 7.06. The number of benzene rings is 1. The molecule has 0 fully saturated rings. The molecule has 2 nitrogen and oxygen atoms in total. The highest BCUT2D eigenvalue weighted by Gasteiger charge is 2.09. The summed E-state index contributed by atoms with van der Waals surface area (Å²) < 4.78 is 17.4. The molecular weight excluding hydrogens is 283 g/mol. The van der Waals surface area contributed by atoms with Gasteiger partial charge in [-0.05, 0) is 48.3 Å². The van der Waals surface area contributed by atoms with Gasteiger partial charge in [0.2, 0.25) is 0 Å². The molecule has 0 radical (unpaired) electrons. The lowest BCUT2D eigenvalue weighted by molar-refractivity contribution is 0.555. The fourth-order valence-electron chi connectivity index (χ4n) is 1.70. The van der Waals surface area contributed by atoms with Crippen LogP contribution in [0.25, 0.3) is 11.3 Å². The van der Waals surface area contributed by atoms with Gasteiger partial charge in [-0.15, -0.1) is 0 Å². The van der Waals surface area contributed by atoms with Crippen LogP contribution < -0.4 is 5.32 Å². The first-order chi connectivity index (χ1) is 9.06. The second-order valence-electron chi connectivity index (χ2n) is 4.83. The van der Waals surface area contributed by atoms with E-state index < -0.39 is 0 Å². The standard InChI is InChI=1S/C14H16ClFN2S/c1-9(2)7-17-8-11-6-14(18-19-11)12-4-3-10(16)5-13(12)15/h3-6,9,17H,7-8H2,1-2H3. The molecule has 2 rings (SSSR count). The van der Waals surface area contributed by atoms with Gasteiger partial charge in [0, 0.05) is 17.0 Å². The Balaban J connectivity index is 2.08. The van der Waals surface area contributed by atoms with Crippen molar-refractivity contribution in [3.05, 3.63) is 40.0 Å². The molecule has 0 atom stereocenters. The molecule has 102 valence electrons. The third-order valence-corrected chi connectivity index (χ3v) is 3.72. The van der Waals surface area contributed by atoms with E-state index in [1.807, 2.05) is 6.07 Å². The van der Waals surface area contributed by atoms with E-state index in [1.54, 1.807) is 6.07 Å². The number of hydrogen-bond donors (Lipinski definition) is 1. The maximum absolute atomic E-state index is 13.0. The van der Waals surface area contributed by atoms with Crippen LogP contribution in [-0.2, 0) is 6.54 Å². The second kappa shape index (κ2) is 6.46. The van der Waals surface area contributed by atoms with Crippen LogP contribution in [0.1, 0.15) is 18.7 Å². The Labute approximate surface area is 121 Å². The molecule has 0 unspecified atom stereocenters. The summed E-state index contributed by atoms with van der Waals surface area (Å²) in [5, 5.41) is 3.76. The zero-order chi connectivity index (χ0) is 13.8. The summed E-state index contributed by atoms with van der Waals surface area (Å²) in [7, 11) is 0. The van der Waals surface area contributed by atoms with Gasteiger partial charge in [-0.25, -0.2) is 4.39 Å². The number of nitrogens with zero attached hydrogens (tertiary/aromatic N) is 1. The summed E-state index contributed by atoms with van der Waals surface area (Å²) in [4.78, 5) is 1.15. The minimum atomic E-state index is -0.331. The Morgan fingerprint density at radius 3 is 2.84 bits per heavy atom. The number of aromatic nitrogens is 1. The quantitative estimate of drug-likeness (QED) is 0.888. The number of halogens is 2. The molecule has 0 spiro atoms. The summed E-state index contributed by atoms with van der Waals surface area (Å²) in [6.45, 7) is 6.12. The van der Waals surface area contributed by atoms with E-state index in [4.69, 9.17) is 11.6 Å². The first-order valence-corrected chi connectivity index (χ1v) is 7.33. The van der Waals surface area contributed by atoms with Crippen molar-refractivity contribution in [2.45, 2.75) is 20.4 Å². The van der Waals surface area contributed by atoms with Gasteiger partial charge in [0.1, 0.15) is 5.82 Å². The Kier molecular flexibility index (Phi) is 4.91. The normalized spacial score (nSPS) is 11.2. The summed E-state index contributed by atoms with van der Waals surface area (Å²) in [6, 6.07) is 6.37. The van der Waals surface area contributed by atoms with E-state index in [9.17, 15) is 4.39 Å². The lowest BCUT2D eigenvalue weighted by atomic mass is 10.1. The third kappa shape index (κ3) is 4.00. The minimum absolute atomic E-state index is 0.331. The van der Waals surface area contributed by atoms with Crippen molar-refractivity contribution in [3.8, 4) is 11.3 Å². The second-order valence-corrected chi connectivity index (χ2v) is 6.12. The largest absolute Gasteiger partial charge is 0.312 e. The Hall–Kier alpha value is -0.970. The molecule has 19 heavy (non-hydrogen) atoms. The molecule has 1 heterocycles. The predicted octanol–water partition coefficient (Wildman–Crippen LogP) is 4.35. The van der Waals surface area contributed by atoms with Crippen molar-refractivity contribution in [3.63, 3.8) is 0 Å². The number of hydrogen-bond acceptors (Lipinski definition) is 3. The SMILES string of the molecule is CC(C)CNCc1cc(-c2ccc(F)cc2Cl)ns1. The molecule has 1 N–H and O–H groups in total. The van der Waals surface area contributed by atoms with Gasteiger partial charge in [0.15, 0.2) is 0 Å². The van der Waals surface area contributed by atoms with E-state index in [-0.39, 0.29) is 5.82 Å². The van der Waals surface area contributed by atoms with Crippen molar-refractivity contribution in [2.24, 2.45) is 5.92 Å². The van der Waals surface area contributed by atoms with Crippen molar-refractivity contribution >= 4 is 23.1 Å². The van der Waals surface area contributed by atoms with Crippen LogP contribution in [-0.4, -0.2) is 10.9 Å². The van der Waals surface area contributed by atoms with Gasteiger partial charge in [0.05, 0.1) is 10.7 Å². The van der Waals surface area contributed by atoms with E-state index in [1.165, 1.54) is 23.7 Å². The maximum Gasteiger partial charge on any atom is 0.124 e. The summed E-state index contributed by atoms with van der Waals surface area (Å²) in [5.74, 6) is 0.293. The van der Waals surface area contributed by atoms with Crippen LogP contribution in [0.4, 0.5) is 4.39 Å². The molecule has 0 saturated heterocycles. The van der Waals surface area contributed by atoms with Crippen LogP contribution in [0.5, 0.6) is 0 Å². The fourth-order valence-corrected chi connectivity index (χ4v) is 2.67. The highest BCUT2D eigenvalue weighted by Crippen LogP contribution is 2.29. The van der Waals surface area contributed by atoms with Gasteiger partial charge in [-0.1, -0.05) is 25.4 Å². The van der Waals surface area contributed by atoms with Crippen molar-refractivity contribution in [1.29, 1.82) is 0 Å². The van der Waals surface area contributed by atoms with Crippen LogP contribution in [0, 0.1) is 11.7 Å². The first kappa shape index (κ1) is 14.4. The molecule has 0 aliphatic rings. The van der Waals surface area contributed by atoms with Gasteiger partial charge in [-0.3, -0.25) is 0 Å². The zero-order valence-corrected chi connectivity index (χ0v) is 12.5. The topological polar surface area (TPSA) is 24.9 Å². The van der Waals surface area contributed by atoms with Gasteiger partial charge in [-0.2, -0.15) is 4.37 Å². The Morgan fingerprint density at radius 1 is 1.37 bits per heavy atom. The summed E-state index contributed by atoms with van der Waals surface area (Å²) in [6.07, 6.45) is 0. The molecule has 1 aromatic carbocycles. The lowest BCUT2D eigenvalue weighted by Gasteiger charge is -2.04. The molecule has 0 bridgehead atoms. The average molecular weight is 299 g/mol. The average Bonchev–Trinajstić information content (AvgIpc) is 2.77. The van der Waals surface area contributed by atoms with E-state index >= 15 is 0 Å². The van der Waals surface area contributed by atoms with Crippen LogP contribution >= 0.6 is 23.1 Å². The van der Waals surface area contributed by atoms with Gasteiger partial charge in [0.25, 0.3) is 0 Å². The fraction of sp³-hybridized carbons (Fsp3) is 0.357. The first-order valence-electron chi connectivity index (χ1n) is 6.18. The van der Waals surface area contributed by atoms with Crippen molar-refractivity contribution < 1.29 is 4.39 Å². The van der Waals surface area contributed by atoms with Gasteiger partial charge < -0.3 is 5.32 Å². The molecule has 5 heteroatoms. The smallest absolute Gasteiger partial charge is 0.124 e. The van der Waals surface area contributed by atoms with Crippen LogP contribution in [0.3, 0.4) is 0 Å². The molecule has 0 amide bonds. The Bertz CT molecular complexity index is 554. The number of rotatable bonds is 5. The van der Waals surface area contributed by atoms with Gasteiger partial charge >= 0.3 is 0 Å². The lowest BCUT2D eigenvalue weighted by Crippen LogP contribution is -2.18. The Morgan fingerprint density at radius 2 is 2.16 bits per heavy atom. The van der Waals surface area contributed by atoms with E-state index in [0.29, 0.717) is 10.9 Å². The molecule has 0 aliphatic heterocycles. The van der Waals surface area contributed by atoms with Crippen LogP contribution in [0.15, 0.2) is 24.3 Å². The highest BCUT2D eigenvalue weighted by atomic mass is 35.5. The van der Waals surface area contributed by atoms with E-state index in [0.717, 1.165) is 29.2 Å². The molecule has 0 saturated carbocycles. The third-order valence-electron chi connectivity index (χ3n) is 2.62. The van der Waals surface area contributed by atoms with E-state index in [2.05, 4.69) is 23.5 Å². The monoisotopic (exact) mass is 298 g/mol. The molecule has 1 aromatic heterocycles. The predicted molar refractivity (Wildman–Crippen MR) is 79.1 cm³/mol. The maximum atomic E-state index is 13.0. The molecule has 2 aromatic rings. The molecular formula is C14H16ClFN2S. The summed E-state index contributed by atoms with van der Waals surface area (Å²) >= 11 is 7.47. The zero-order valence-electron chi connectivity index (χ0n) is 10.9. The minimum Gasteiger partial charge on any atom is -0.312 e. The summed E-state index contributed by atoms with van der Waals surface area (Å²) in [5.41, 5.74) is 1.57. The number of nitrogens with one attached hydrogen (secondary N) is 1. The van der Waals surface area contributed by atoms with Crippen LogP contribution in [0.2, 0.25) is 5.02 Å².